The molecule has 0 atom stereocenters. The molecule has 2 amide bonds. The third-order valence-electron chi connectivity index (χ3n) is 4.19. The van der Waals surface area contributed by atoms with Crippen LogP contribution in [0.25, 0.3) is 0 Å². The van der Waals surface area contributed by atoms with E-state index in [0.717, 1.165) is 11.3 Å². The molecule has 0 bridgehead atoms. The molecule has 0 radical (unpaired) electrons. The van der Waals surface area contributed by atoms with Gasteiger partial charge < -0.3 is 10.2 Å². The first-order valence-corrected chi connectivity index (χ1v) is 8.61. The van der Waals surface area contributed by atoms with E-state index in [4.69, 9.17) is 0 Å². The zero-order valence-electron chi connectivity index (χ0n) is 15.4. The van der Waals surface area contributed by atoms with Gasteiger partial charge in [-0.1, -0.05) is 43.7 Å². The van der Waals surface area contributed by atoms with E-state index in [1.165, 1.54) is 12.5 Å². The number of amides is 2. The molecule has 0 spiro atoms. The molecule has 2 aromatic carbocycles. The average molecular weight is 338 g/mol. The topological polar surface area (TPSA) is 49.4 Å². The smallest absolute Gasteiger partial charge is 0.251 e. The lowest BCUT2D eigenvalue weighted by Gasteiger charge is -2.22. The summed E-state index contributed by atoms with van der Waals surface area (Å²) in [7, 11) is 0. The maximum atomic E-state index is 12.1. The minimum atomic E-state index is -0.126. The first-order valence-electron chi connectivity index (χ1n) is 8.61. The number of rotatable bonds is 6. The van der Waals surface area contributed by atoms with Gasteiger partial charge in [-0.25, -0.2) is 0 Å². The molecule has 0 saturated heterocycles. The Labute approximate surface area is 149 Å². The summed E-state index contributed by atoms with van der Waals surface area (Å²) in [4.78, 5) is 25.8. The van der Waals surface area contributed by atoms with Crippen molar-refractivity contribution in [3.05, 3.63) is 65.2 Å². The largest absolute Gasteiger partial charge is 0.350 e. The molecule has 0 saturated carbocycles. The van der Waals surface area contributed by atoms with Crippen LogP contribution < -0.4 is 10.2 Å². The van der Waals surface area contributed by atoms with E-state index in [9.17, 15) is 9.59 Å². The average Bonchev–Trinajstić information content (AvgIpc) is 2.59. The van der Waals surface area contributed by atoms with Crippen LogP contribution in [0, 0.1) is 6.92 Å². The fourth-order valence-electron chi connectivity index (χ4n) is 2.60. The number of nitrogens with zero attached hydrogens (tertiary/aromatic N) is 1. The Bertz CT molecular complexity index is 719. The molecule has 0 aliphatic rings. The van der Waals surface area contributed by atoms with Crippen LogP contribution in [0.5, 0.6) is 0 Å². The van der Waals surface area contributed by atoms with Crippen molar-refractivity contribution in [1.29, 1.82) is 0 Å². The van der Waals surface area contributed by atoms with Crippen molar-refractivity contribution >= 4 is 17.5 Å². The number of hydrogen-bond donors (Lipinski definition) is 1. The predicted molar refractivity (Wildman–Crippen MR) is 102 cm³/mol. The van der Waals surface area contributed by atoms with Crippen LogP contribution in [-0.4, -0.2) is 24.9 Å². The molecule has 0 fully saturated rings. The van der Waals surface area contributed by atoms with Crippen molar-refractivity contribution in [1.82, 2.24) is 5.32 Å². The minimum absolute atomic E-state index is 0.0399. The van der Waals surface area contributed by atoms with Gasteiger partial charge in [0.25, 0.3) is 5.91 Å². The second kappa shape index (κ2) is 8.47. The fraction of sp³-hybridized carbons (Fsp3) is 0.333. The monoisotopic (exact) mass is 338 g/mol. The second-order valence-electron chi connectivity index (χ2n) is 6.54. The highest BCUT2D eigenvalue weighted by Crippen LogP contribution is 2.20. The number of aryl methyl sites for hydroxylation is 1. The zero-order chi connectivity index (χ0) is 18.4. The Kier molecular flexibility index (Phi) is 6.34. The lowest BCUT2D eigenvalue weighted by Crippen LogP contribution is -2.37. The van der Waals surface area contributed by atoms with Crippen molar-refractivity contribution in [2.24, 2.45) is 0 Å². The number of carbonyl (C=O) groups excluding carboxylic acids is 2. The lowest BCUT2D eigenvalue weighted by molar-refractivity contribution is -0.116. The quantitative estimate of drug-likeness (QED) is 0.868. The van der Waals surface area contributed by atoms with Gasteiger partial charge in [-0.2, -0.15) is 0 Å². The summed E-state index contributed by atoms with van der Waals surface area (Å²) < 4.78 is 0. The number of benzene rings is 2. The summed E-state index contributed by atoms with van der Waals surface area (Å²) in [6.07, 6.45) is 0. The Balaban J connectivity index is 1.96. The Morgan fingerprint density at radius 3 is 2.12 bits per heavy atom. The summed E-state index contributed by atoms with van der Waals surface area (Å²) in [5.74, 6) is 0.286. The predicted octanol–water partition coefficient (Wildman–Crippen LogP) is 3.90. The third kappa shape index (κ3) is 5.18. The highest BCUT2D eigenvalue weighted by atomic mass is 16.2. The zero-order valence-corrected chi connectivity index (χ0v) is 15.4. The summed E-state index contributed by atoms with van der Waals surface area (Å²) in [5, 5.41) is 2.87. The van der Waals surface area contributed by atoms with Gasteiger partial charge in [0.1, 0.15) is 0 Å². The molecule has 0 aliphatic heterocycles. The van der Waals surface area contributed by atoms with E-state index in [1.807, 2.05) is 43.3 Å². The van der Waals surface area contributed by atoms with Crippen LogP contribution >= 0.6 is 0 Å². The van der Waals surface area contributed by atoms with E-state index >= 15 is 0 Å². The van der Waals surface area contributed by atoms with Gasteiger partial charge in [-0.05, 0) is 42.7 Å². The lowest BCUT2D eigenvalue weighted by atomic mass is 10.0. The number of anilines is 1. The van der Waals surface area contributed by atoms with Gasteiger partial charge in [0.05, 0.1) is 0 Å². The van der Waals surface area contributed by atoms with Crippen molar-refractivity contribution in [3.63, 3.8) is 0 Å². The van der Waals surface area contributed by atoms with Gasteiger partial charge >= 0.3 is 0 Å². The first-order chi connectivity index (χ1) is 11.9. The summed E-state index contributed by atoms with van der Waals surface area (Å²) >= 11 is 0. The summed E-state index contributed by atoms with van der Waals surface area (Å²) in [6, 6.07) is 15.4. The van der Waals surface area contributed by atoms with E-state index in [-0.39, 0.29) is 11.8 Å². The van der Waals surface area contributed by atoms with Gasteiger partial charge in [-0.3, -0.25) is 9.59 Å². The molecular formula is C21H26N2O2. The van der Waals surface area contributed by atoms with Crippen LogP contribution in [0.2, 0.25) is 0 Å². The highest BCUT2D eigenvalue weighted by molar-refractivity contribution is 5.94. The van der Waals surface area contributed by atoms with E-state index < -0.39 is 0 Å². The van der Waals surface area contributed by atoms with Crippen LogP contribution in [-0.2, 0) is 4.79 Å². The van der Waals surface area contributed by atoms with Crippen molar-refractivity contribution < 1.29 is 9.59 Å². The Morgan fingerprint density at radius 1 is 1.00 bits per heavy atom. The standard InChI is InChI=1S/C21H26N2O2/c1-15(2)18-9-11-20(12-10-18)23(17(4)24)14-13-22-21(25)19-7-5-16(3)6-8-19/h5-12,15H,13-14H2,1-4H3,(H,22,25). The molecule has 132 valence electrons. The Morgan fingerprint density at radius 2 is 1.60 bits per heavy atom. The number of hydrogen-bond acceptors (Lipinski definition) is 2. The van der Waals surface area contributed by atoms with Crippen molar-refractivity contribution in [2.45, 2.75) is 33.6 Å². The maximum absolute atomic E-state index is 12.1. The van der Waals surface area contributed by atoms with Crippen molar-refractivity contribution in [2.75, 3.05) is 18.0 Å². The van der Waals surface area contributed by atoms with Crippen LogP contribution in [0.1, 0.15) is 48.2 Å². The van der Waals surface area contributed by atoms with Gasteiger partial charge in [0.15, 0.2) is 0 Å². The van der Waals surface area contributed by atoms with Crippen molar-refractivity contribution in [3.8, 4) is 0 Å². The molecule has 0 aromatic heterocycles. The highest BCUT2D eigenvalue weighted by Gasteiger charge is 2.12. The first kappa shape index (κ1) is 18.7. The third-order valence-corrected chi connectivity index (χ3v) is 4.19. The SMILES string of the molecule is CC(=O)N(CCNC(=O)c1ccc(C)cc1)c1ccc(C(C)C)cc1. The Hall–Kier alpha value is -2.62. The molecule has 0 heterocycles. The molecule has 25 heavy (non-hydrogen) atoms. The van der Waals surface area contributed by atoms with Gasteiger partial charge in [0.2, 0.25) is 5.91 Å². The molecule has 4 nitrogen and oxygen atoms in total. The molecule has 4 heteroatoms. The fourth-order valence-corrected chi connectivity index (χ4v) is 2.60. The molecular weight excluding hydrogens is 312 g/mol. The number of nitrogens with one attached hydrogen (secondary N) is 1. The van der Waals surface area contributed by atoms with E-state index in [0.29, 0.717) is 24.6 Å². The minimum Gasteiger partial charge on any atom is -0.350 e. The van der Waals surface area contributed by atoms with Crippen LogP contribution in [0.4, 0.5) is 5.69 Å². The molecule has 2 aromatic rings. The molecule has 0 unspecified atom stereocenters. The molecule has 2 rings (SSSR count). The maximum Gasteiger partial charge on any atom is 0.251 e. The van der Waals surface area contributed by atoms with Crippen LogP contribution in [0.3, 0.4) is 0 Å². The summed E-state index contributed by atoms with van der Waals surface area (Å²) in [5.41, 5.74) is 3.83. The van der Waals surface area contributed by atoms with E-state index in [2.05, 4.69) is 19.2 Å². The number of carbonyl (C=O) groups is 2. The normalized spacial score (nSPS) is 10.6. The molecule has 0 aliphatic carbocycles. The van der Waals surface area contributed by atoms with E-state index in [1.54, 1.807) is 17.0 Å². The van der Waals surface area contributed by atoms with Gasteiger partial charge in [-0.15, -0.1) is 0 Å². The summed E-state index contributed by atoms with van der Waals surface area (Å²) in [6.45, 7) is 8.64. The van der Waals surface area contributed by atoms with Gasteiger partial charge in [0, 0.05) is 31.3 Å². The molecule has 1 N–H and O–H groups in total. The second-order valence-corrected chi connectivity index (χ2v) is 6.54. The van der Waals surface area contributed by atoms with Crippen LogP contribution in [0.15, 0.2) is 48.5 Å².